The molecule has 1 rings (SSSR count). The van der Waals surface area contributed by atoms with Gasteiger partial charge in [-0.05, 0) is 47.6 Å². The number of halogens is 2. The van der Waals surface area contributed by atoms with Gasteiger partial charge in [-0.2, -0.15) is 0 Å². The van der Waals surface area contributed by atoms with Gasteiger partial charge in [-0.15, -0.1) is 0 Å². The summed E-state index contributed by atoms with van der Waals surface area (Å²) in [4.78, 5) is 14.1. The van der Waals surface area contributed by atoms with Gasteiger partial charge in [-0.25, -0.2) is 4.39 Å². The number of hydrogen-bond acceptors (Lipinski definition) is 2. The number of carbonyl (C=O) groups excluding carboxylic acids is 1. The smallest absolute Gasteiger partial charge is 0.255 e. The number of nitrogens with one attached hydrogen (secondary N) is 1. The summed E-state index contributed by atoms with van der Waals surface area (Å²) in [6.45, 7) is 5.45. The normalized spacial score (nSPS) is 11.7. The van der Waals surface area contributed by atoms with Crippen LogP contribution in [0.15, 0.2) is 22.7 Å². The Balaban J connectivity index is 2.71. The summed E-state index contributed by atoms with van der Waals surface area (Å²) >= 11 is 3.20. The highest BCUT2D eigenvalue weighted by Gasteiger charge is 2.22. The molecule has 0 aliphatic heterocycles. The lowest BCUT2D eigenvalue weighted by Gasteiger charge is -2.28. The van der Waals surface area contributed by atoms with Gasteiger partial charge in [0.25, 0.3) is 5.91 Å². The second-order valence-electron chi connectivity index (χ2n) is 5.68. The number of carbonyl (C=O) groups is 1. The molecule has 0 atom stereocenters. The first kappa shape index (κ1) is 16.1. The minimum Gasteiger partial charge on any atom is -0.351 e. The van der Waals surface area contributed by atoms with Crippen LogP contribution in [0.4, 0.5) is 4.39 Å². The number of amides is 1. The Hall–Kier alpha value is -0.940. The molecule has 0 spiro atoms. The van der Waals surface area contributed by atoms with Crippen LogP contribution in [0.2, 0.25) is 0 Å². The second-order valence-corrected chi connectivity index (χ2v) is 6.54. The molecule has 0 bridgehead atoms. The van der Waals surface area contributed by atoms with Crippen molar-refractivity contribution >= 4 is 21.8 Å². The Kier molecular flexibility index (Phi) is 5.50. The van der Waals surface area contributed by atoms with E-state index in [0.29, 0.717) is 11.0 Å². The minimum atomic E-state index is -0.516. The first-order valence-corrected chi connectivity index (χ1v) is 6.89. The molecule has 0 radical (unpaired) electrons. The maximum Gasteiger partial charge on any atom is 0.255 e. The molecule has 1 aromatic carbocycles. The molecule has 0 aliphatic carbocycles. The van der Waals surface area contributed by atoms with Gasteiger partial charge >= 0.3 is 0 Å². The first-order valence-electron chi connectivity index (χ1n) is 6.10. The summed E-state index contributed by atoms with van der Waals surface area (Å²) in [7, 11) is 3.97. The highest BCUT2D eigenvalue weighted by Crippen LogP contribution is 2.20. The predicted octanol–water partition coefficient (Wildman–Crippen LogP) is 2.91. The standard InChI is InChI=1S/C14H20BrFN2O/c1-14(2,9-18(3)4)8-17-13(19)12-10(15)6-5-7-11(12)16/h5-7H,8-9H2,1-4H3,(H,17,19). The molecule has 0 saturated carbocycles. The number of nitrogens with zero attached hydrogens (tertiary/aromatic N) is 1. The average Bonchev–Trinajstić information content (AvgIpc) is 2.24. The fourth-order valence-corrected chi connectivity index (χ4v) is 2.56. The summed E-state index contributed by atoms with van der Waals surface area (Å²) in [6.07, 6.45) is 0. The van der Waals surface area contributed by atoms with Crippen LogP contribution in [0.1, 0.15) is 24.2 Å². The quantitative estimate of drug-likeness (QED) is 0.900. The maximum atomic E-state index is 13.6. The van der Waals surface area contributed by atoms with Gasteiger partial charge in [-0.1, -0.05) is 19.9 Å². The van der Waals surface area contributed by atoms with E-state index in [2.05, 4.69) is 40.0 Å². The van der Waals surface area contributed by atoms with Crippen LogP contribution >= 0.6 is 15.9 Å². The van der Waals surface area contributed by atoms with E-state index in [9.17, 15) is 9.18 Å². The lowest BCUT2D eigenvalue weighted by atomic mass is 9.93. The predicted molar refractivity (Wildman–Crippen MR) is 78.8 cm³/mol. The van der Waals surface area contributed by atoms with E-state index in [0.717, 1.165) is 6.54 Å². The third-order valence-electron chi connectivity index (χ3n) is 2.66. The van der Waals surface area contributed by atoms with E-state index in [1.165, 1.54) is 6.07 Å². The third kappa shape index (κ3) is 4.91. The van der Waals surface area contributed by atoms with Gasteiger partial charge in [0.1, 0.15) is 5.82 Å². The maximum absolute atomic E-state index is 13.6. The van der Waals surface area contributed by atoms with Gasteiger partial charge in [0.15, 0.2) is 0 Å². The zero-order valence-electron chi connectivity index (χ0n) is 11.8. The molecule has 1 amide bonds. The molecule has 0 heterocycles. The Morgan fingerprint density at radius 3 is 2.58 bits per heavy atom. The molecule has 0 saturated heterocycles. The summed E-state index contributed by atoms with van der Waals surface area (Å²) in [5.74, 6) is -0.908. The van der Waals surface area contributed by atoms with Crippen molar-refractivity contribution in [1.82, 2.24) is 10.2 Å². The summed E-state index contributed by atoms with van der Waals surface area (Å²) in [6, 6.07) is 4.50. The Labute approximate surface area is 122 Å². The Morgan fingerprint density at radius 2 is 2.05 bits per heavy atom. The van der Waals surface area contributed by atoms with E-state index >= 15 is 0 Å². The van der Waals surface area contributed by atoms with Gasteiger partial charge in [0.05, 0.1) is 5.56 Å². The van der Waals surface area contributed by atoms with E-state index in [1.54, 1.807) is 12.1 Å². The van der Waals surface area contributed by atoms with Crippen LogP contribution in [-0.4, -0.2) is 38.0 Å². The Bertz CT molecular complexity index is 441. The zero-order valence-corrected chi connectivity index (χ0v) is 13.3. The van der Waals surface area contributed by atoms with E-state index < -0.39 is 11.7 Å². The molecule has 0 unspecified atom stereocenters. The van der Waals surface area contributed by atoms with Crippen LogP contribution in [-0.2, 0) is 0 Å². The number of hydrogen-bond donors (Lipinski definition) is 1. The van der Waals surface area contributed by atoms with E-state index in [-0.39, 0.29) is 11.0 Å². The van der Waals surface area contributed by atoms with Gasteiger partial charge in [0.2, 0.25) is 0 Å². The molecule has 1 N–H and O–H groups in total. The van der Waals surface area contributed by atoms with Crippen molar-refractivity contribution in [1.29, 1.82) is 0 Å². The number of benzene rings is 1. The third-order valence-corrected chi connectivity index (χ3v) is 3.32. The topological polar surface area (TPSA) is 32.3 Å². The van der Waals surface area contributed by atoms with Gasteiger partial charge in [0, 0.05) is 17.6 Å². The van der Waals surface area contributed by atoms with Crippen molar-refractivity contribution in [3.63, 3.8) is 0 Å². The molecule has 106 valence electrons. The largest absolute Gasteiger partial charge is 0.351 e. The lowest BCUT2D eigenvalue weighted by Crippen LogP contribution is -2.40. The Morgan fingerprint density at radius 1 is 1.42 bits per heavy atom. The molecule has 19 heavy (non-hydrogen) atoms. The molecular weight excluding hydrogens is 311 g/mol. The average molecular weight is 331 g/mol. The monoisotopic (exact) mass is 330 g/mol. The van der Waals surface area contributed by atoms with Gasteiger partial charge in [-0.3, -0.25) is 4.79 Å². The van der Waals surface area contributed by atoms with Crippen LogP contribution < -0.4 is 5.32 Å². The van der Waals surface area contributed by atoms with Crippen molar-refractivity contribution in [2.24, 2.45) is 5.41 Å². The summed E-state index contributed by atoms with van der Waals surface area (Å²) in [5.41, 5.74) is -0.0141. The molecule has 3 nitrogen and oxygen atoms in total. The summed E-state index contributed by atoms with van der Waals surface area (Å²) < 4.78 is 14.1. The molecule has 0 aliphatic rings. The van der Waals surface area contributed by atoms with Crippen LogP contribution in [0.25, 0.3) is 0 Å². The van der Waals surface area contributed by atoms with Crippen LogP contribution in [0.5, 0.6) is 0 Å². The van der Waals surface area contributed by atoms with Crippen molar-refractivity contribution in [2.75, 3.05) is 27.2 Å². The van der Waals surface area contributed by atoms with Crippen LogP contribution in [0.3, 0.4) is 0 Å². The lowest BCUT2D eigenvalue weighted by molar-refractivity contribution is 0.0924. The zero-order chi connectivity index (χ0) is 14.6. The SMILES string of the molecule is CN(C)CC(C)(C)CNC(=O)c1c(F)cccc1Br. The molecule has 5 heteroatoms. The van der Waals surface area contributed by atoms with Crippen LogP contribution in [0, 0.1) is 11.2 Å². The fraction of sp³-hybridized carbons (Fsp3) is 0.500. The molecule has 1 aromatic rings. The van der Waals surface area contributed by atoms with Crippen molar-refractivity contribution < 1.29 is 9.18 Å². The molecular formula is C14H20BrFN2O. The highest BCUT2D eigenvalue weighted by molar-refractivity contribution is 9.10. The van der Waals surface area contributed by atoms with Crippen molar-refractivity contribution in [3.8, 4) is 0 Å². The van der Waals surface area contributed by atoms with E-state index in [1.807, 2.05) is 14.1 Å². The second kappa shape index (κ2) is 6.48. The van der Waals surface area contributed by atoms with E-state index in [4.69, 9.17) is 0 Å². The minimum absolute atomic E-state index is 0.0585. The van der Waals surface area contributed by atoms with Crippen molar-refractivity contribution in [3.05, 3.63) is 34.1 Å². The van der Waals surface area contributed by atoms with Gasteiger partial charge < -0.3 is 10.2 Å². The molecule has 0 fully saturated rings. The number of rotatable bonds is 5. The molecule has 0 aromatic heterocycles. The fourth-order valence-electron chi connectivity index (χ4n) is 2.03. The van der Waals surface area contributed by atoms with Crippen molar-refractivity contribution in [2.45, 2.75) is 13.8 Å². The summed E-state index contributed by atoms with van der Waals surface area (Å²) in [5, 5.41) is 2.79. The first-order chi connectivity index (χ1) is 8.73. The highest BCUT2D eigenvalue weighted by atomic mass is 79.9.